The Morgan fingerprint density at radius 3 is 2.65 bits per heavy atom. The summed E-state index contributed by atoms with van der Waals surface area (Å²) in [4.78, 5) is 23.3. The molecule has 2 heterocycles. The van der Waals surface area contributed by atoms with E-state index in [4.69, 9.17) is 17.3 Å². The number of nitrogens with two attached hydrogens (primary N) is 1. The Bertz CT molecular complexity index is 1530. The van der Waals surface area contributed by atoms with Gasteiger partial charge in [0, 0.05) is 46.0 Å². The van der Waals surface area contributed by atoms with Gasteiger partial charge in [0.05, 0.1) is 28.0 Å². The van der Waals surface area contributed by atoms with Crippen LogP contribution in [0.4, 0.5) is 8.78 Å². The van der Waals surface area contributed by atoms with E-state index in [0.29, 0.717) is 28.9 Å². The molecule has 1 aliphatic carbocycles. The minimum absolute atomic E-state index is 0. The Balaban J connectivity index is 0.00000200. The Kier molecular flexibility index (Phi) is 8.35. The van der Waals surface area contributed by atoms with Gasteiger partial charge in [-0.25, -0.2) is 13.6 Å². The standard InChI is InChI=1S/C25H21ClF2N4O3S.Na.H/c26-17-9-8-16-23(21(17)28)32(14-11-30-31(12-14)10-2-5-19(29)33)22(13-6-7-13)24(16)36-18-4-1-3-15(20(18)27)25(34)35;;/h1,3-4,8-9,11-13H,2,5-7,10H2,(H2,29,33)(H,34,35);;/q;+1;-1. The predicted molar refractivity (Wildman–Crippen MR) is 133 cm³/mol. The molecular weight excluding hydrogens is 533 g/mol. The molecule has 0 spiro atoms. The van der Waals surface area contributed by atoms with Gasteiger partial charge in [0.15, 0.2) is 11.6 Å². The fourth-order valence-electron chi connectivity index (χ4n) is 4.27. The van der Waals surface area contributed by atoms with Crippen LogP contribution >= 0.6 is 23.4 Å². The maximum atomic E-state index is 15.5. The van der Waals surface area contributed by atoms with E-state index in [2.05, 4.69) is 5.10 Å². The molecule has 1 saturated carbocycles. The molecule has 37 heavy (non-hydrogen) atoms. The SMILES string of the molecule is NC(=O)CCCn1cc(-n2c(C3CC3)c(Sc3cccc(C(=O)O)c3F)c3ccc(Cl)c(F)c32)cn1.[H-].[Na+]. The van der Waals surface area contributed by atoms with Crippen LogP contribution in [0.3, 0.4) is 0 Å². The molecule has 0 bridgehead atoms. The third-order valence-electron chi connectivity index (χ3n) is 6.07. The summed E-state index contributed by atoms with van der Waals surface area (Å²) in [6, 6.07) is 7.36. The Hall–Kier alpha value is -2.37. The summed E-state index contributed by atoms with van der Waals surface area (Å²) in [7, 11) is 0. The zero-order valence-electron chi connectivity index (χ0n) is 20.9. The molecule has 4 aromatic rings. The van der Waals surface area contributed by atoms with Gasteiger partial charge in [-0.3, -0.25) is 9.48 Å². The van der Waals surface area contributed by atoms with Crippen LogP contribution < -0.4 is 35.3 Å². The van der Waals surface area contributed by atoms with Crippen molar-refractivity contribution in [3.05, 3.63) is 70.6 Å². The monoisotopic (exact) mass is 554 g/mol. The zero-order chi connectivity index (χ0) is 25.6. The second-order valence-corrected chi connectivity index (χ2v) is 10.1. The molecule has 3 N–H and O–H groups in total. The van der Waals surface area contributed by atoms with Gasteiger partial charge in [0.25, 0.3) is 0 Å². The van der Waals surface area contributed by atoms with Gasteiger partial charge in [-0.1, -0.05) is 29.4 Å². The topological polar surface area (TPSA) is 103 Å². The molecule has 5 rings (SSSR count). The summed E-state index contributed by atoms with van der Waals surface area (Å²) < 4.78 is 34.0. The van der Waals surface area contributed by atoms with E-state index in [-0.39, 0.29) is 58.8 Å². The minimum atomic E-state index is -1.36. The van der Waals surface area contributed by atoms with Gasteiger partial charge in [-0.2, -0.15) is 5.10 Å². The number of fused-ring (bicyclic) bond motifs is 1. The van der Waals surface area contributed by atoms with Crippen molar-refractivity contribution < 1.29 is 54.5 Å². The Morgan fingerprint density at radius 2 is 1.97 bits per heavy atom. The summed E-state index contributed by atoms with van der Waals surface area (Å²) in [5.41, 5.74) is 6.45. The summed E-state index contributed by atoms with van der Waals surface area (Å²) in [5.74, 6) is -3.09. The zero-order valence-corrected chi connectivity index (χ0v) is 23.5. The van der Waals surface area contributed by atoms with Gasteiger partial charge in [-0.05, 0) is 43.5 Å². The molecular formula is C25H22ClF2N4NaO3S. The normalized spacial score (nSPS) is 13.1. The molecule has 1 fully saturated rings. The minimum Gasteiger partial charge on any atom is -1.00 e. The van der Waals surface area contributed by atoms with Gasteiger partial charge < -0.3 is 16.8 Å². The number of primary amides is 1. The number of halogens is 3. The Morgan fingerprint density at radius 1 is 1.22 bits per heavy atom. The van der Waals surface area contributed by atoms with Gasteiger partial charge in [0.2, 0.25) is 5.91 Å². The van der Waals surface area contributed by atoms with E-state index in [1.54, 1.807) is 27.7 Å². The van der Waals surface area contributed by atoms with Crippen molar-refractivity contribution in [3.63, 3.8) is 0 Å². The molecule has 2 aromatic heterocycles. The van der Waals surface area contributed by atoms with Crippen LogP contribution in [-0.2, 0) is 11.3 Å². The van der Waals surface area contributed by atoms with E-state index in [0.717, 1.165) is 30.3 Å². The number of carboxylic acids is 1. The predicted octanol–water partition coefficient (Wildman–Crippen LogP) is 2.87. The van der Waals surface area contributed by atoms with Crippen molar-refractivity contribution in [2.45, 2.75) is 47.9 Å². The first-order valence-electron chi connectivity index (χ1n) is 11.3. The van der Waals surface area contributed by atoms with Crippen molar-refractivity contribution >= 4 is 46.1 Å². The average Bonchev–Trinajstić information content (AvgIpc) is 3.47. The van der Waals surface area contributed by atoms with Crippen molar-refractivity contribution in [2.24, 2.45) is 5.73 Å². The number of aromatic nitrogens is 3. The molecule has 1 aliphatic rings. The average molecular weight is 555 g/mol. The van der Waals surface area contributed by atoms with Crippen LogP contribution in [0.15, 0.2) is 52.5 Å². The summed E-state index contributed by atoms with van der Waals surface area (Å²) in [5, 5.41) is 14.2. The molecule has 7 nitrogen and oxygen atoms in total. The summed E-state index contributed by atoms with van der Waals surface area (Å²) >= 11 is 7.24. The van der Waals surface area contributed by atoms with Crippen molar-refractivity contribution in [2.75, 3.05) is 0 Å². The molecule has 188 valence electrons. The van der Waals surface area contributed by atoms with Gasteiger partial charge >= 0.3 is 35.5 Å². The van der Waals surface area contributed by atoms with E-state index in [1.165, 1.54) is 24.3 Å². The van der Waals surface area contributed by atoms with E-state index in [1.807, 2.05) is 0 Å². The van der Waals surface area contributed by atoms with Gasteiger partial charge in [0.1, 0.15) is 0 Å². The van der Waals surface area contributed by atoms with Crippen molar-refractivity contribution in [1.82, 2.24) is 14.3 Å². The first-order valence-corrected chi connectivity index (χ1v) is 12.5. The Labute approximate surface area is 243 Å². The molecule has 0 unspecified atom stereocenters. The van der Waals surface area contributed by atoms with Crippen LogP contribution in [0.25, 0.3) is 16.6 Å². The fourth-order valence-corrected chi connectivity index (χ4v) is 5.63. The van der Waals surface area contributed by atoms with E-state index in [9.17, 15) is 14.7 Å². The number of aromatic carboxylic acids is 1. The first kappa shape index (κ1) is 27.7. The third kappa shape index (κ3) is 5.44. The summed E-state index contributed by atoms with van der Waals surface area (Å²) in [6.07, 6.45) is 5.86. The largest absolute Gasteiger partial charge is 1.00 e. The quantitative estimate of drug-likeness (QED) is 0.310. The maximum absolute atomic E-state index is 15.5. The number of benzene rings is 2. The molecule has 0 atom stereocenters. The van der Waals surface area contributed by atoms with Crippen molar-refractivity contribution in [1.29, 1.82) is 0 Å². The number of hydrogen-bond donors (Lipinski definition) is 2. The molecule has 1 amide bonds. The first-order chi connectivity index (χ1) is 17.3. The van der Waals surface area contributed by atoms with Crippen LogP contribution in [0, 0.1) is 11.6 Å². The van der Waals surface area contributed by atoms with E-state index >= 15 is 8.78 Å². The molecule has 0 radical (unpaired) electrons. The molecule has 12 heteroatoms. The molecule has 0 aliphatic heterocycles. The number of carbonyl (C=O) groups is 2. The number of nitrogens with zero attached hydrogens (tertiary/aromatic N) is 3. The van der Waals surface area contributed by atoms with Crippen LogP contribution in [0.1, 0.15) is 49.1 Å². The van der Waals surface area contributed by atoms with Crippen LogP contribution in [-0.4, -0.2) is 31.3 Å². The van der Waals surface area contributed by atoms with Crippen molar-refractivity contribution in [3.8, 4) is 5.69 Å². The smallest absolute Gasteiger partial charge is 1.00 e. The number of hydrogen-bond acceptors (Lipinski definition) is 4. The molecule has 2 aromatic carbocycles. The van der Waals surface area contributed by atoms with Gasteiger partial charge in [-0.15, -0.1) is 0 Å². The number of amides is 1. The van der Waals surface area contributed by atoms with E-state index < -0.39 is 29.1 Å². The maximum Gasteiger partial charge on any atom is 1.00 e. The number of rotatable bonds is 9. The summed E-state index contributed by atoms with van der Waals surface area (Å²) in [6.45, 7) is 0.457. The number of aryl methyl sites for hydroxylation is 1. The number of carboxylic acid groups (broad SMARTS) is 1. The second kappa shape index (κ2) is 11.2. The van der Waals surface area contributed by atoms with Crippen LogP contribution in [0.2, 0.25) is 5.02 Å². The second-order valence-electron chi connectivity index (χ2n) is 8.64. The number of carbonyl (C=O) groups excluding carboxylic acids is 1. The molecule has 0 saturated heterocycles. The van der Waals surface area contributed by atoms with Crippen LogP contribution in [0.5, 0.6) is 0 Å². The fraction of sp³-hybridized carbons (Fsp3) is 0.240. The third-order valence-corrected chi connectivity index (χ3v) is 7.53.